The average Bonchev–Trinajstić information content (AvgIpc) is 2.62. The predicted molar refractivity (Wildman–Crippen MR) is 98.8 cm³/mol. The molecule has 0 aliphatic heterocycles. The molecule has 0 radical (unpaired) electrons. The summed E-state index contributed by atoms with van der Waals surface area (Å²) >= 11 is 0. The number of nitrogens with one attached hydrogen (secondary N) is 2. The average molecular weight is 352 g/mol. The normalized spacial score (nSPS) is 10.4. The Balaban J connectivity index is 1.68. The van der Waals surface area contributed by atoms with Crippen molar-refractivity contribution in [3.05, 3.63) is 66.5 Å². The summed E-state index contributed by atoms with van der Waals surface area (Å²) in [5.74, 6) is -0.812. The monoisotopic (exact) mass is 352 g/mol. The first-order chi connectivity index (χ1) is 12.5. The number of hydrogen-bond acceptors (Lipinski definition) is 3. The zero-order chi connectivity index (χ0) is 18.5. The highest BCUT2D eigenvalue weighted by atomic mass is 19.1. The number of amides is 2. The molecule has 0 aliphatic carbocycles. The number of anilines is 2. The number of carbonyl (C=O) groups is 2. The van der Waals surface area contributed by atoms with Gasteiger partial charge in [0.05, 0.1) is 5.69 Å². The molecule has 26 heavy (non-hydrogen) atoms. The van der Waals surface area contributed by atoms with Gasteiger partial charge in [-0.25, -0.2) is 4.39 Å². The Kier molecular flexibility index (Phi) is 5.12. The third-order valence-electron chi connectivity index (χ3n) is 3.67. The van der Waals surface area contributed by atoms with Crippen molar-refractivity contribution in [2.45, 2.75) is 6.92 Å². The smallest absolute Gasteiger partial charge is 0.262 e. The van der Waals surface area contributed by atoms with E-state index in [-0.39, 0.29) is 18.2 Å². The fourth-order valence-corrected chi connectivity index (χ4v) is 2.55. The molecule has 0 atom stereocenters. The fraction of sp³-hybridized carbons (Fsp3) is 0.100. The fourth-order valence-electron chi connectivity index (χ4n) is 2.55. The Hall–Kier alpha value is -3.41. The Bertz CT molecular complexity index is 967. The van der Waals surface area contributed by atoms with Gasteiger partial charge in [-0.1, -0.05) is 36.4 Å². The summed E-state index contributed by atoms with van der Waals surface area (Å²) < 4.78 is 19.5. The van der Waals surface area contributed by atoms with Crippen LogP contribution in [0.25, 0.3) is 10.8 Å². The minimum absolute atomic E-state index is 0.0252. The molecule has 6 heteroatoms. The minimum Gasteiger partial charge on any atom is -0.483 e. The summed E-state index contributed by atoms with van der Waals surface area (Å²) in [5, 5.41) is 6.88. The van der Waals surface area contributed by atoms with Crippen molar-refractivity contribution in [1.29, 1.82) is 0 Å². The summed E-state index contributed by atoms with van der Waals surface area (Å²) in [7, 11) is 0. The van der Waals surface area contributed by atoms with Crippen LogP contribution in [0.2, 0.25) is 0 Å². The van der Waals surface area contributed by atoms with Crippen LogP contribution >= 0.6 is 0 Å². The van der Waals surface area contributed by atoms with E-state index in [4.69, 9.17) is 4.74 Å². The SMILES string of the molecule is CC(=O)Nc1ccc(F)c(NC(=O)COc2cccc3ccccc23)c1. The van der Waals surface area contributed by atoms with E-state index in [1.807, 2.05) is 36.4 Å². The molecule has 0 fully saturated rings. The van der Waals surface area contributed by atoms with E-state index in [0.29, 0.717) is 11.4 Å². The first kappa shape index (κ1) is 17.4. The molecule has 3 aromatic carbocycles. The number of halogens is 1. The molecule has 0 saturated carbocycles. The number of rotatable bonds is 5. The molecular formula is C20H17FN2O3. The number of hydrogen-bond donors (Lipinski definition) is 2. The van der Waals surface area contributed by atoms with Crippen LogP contribution in [0.1, 0.15) is 6.92 Å². The van der Waals surface area contributed by atoms with Crippen LogP contribution in [-0.2, 0) is 9.59 Å². The van der Waals surface area contributed by atoms with Gasteiger partial charge >= 0.3 is 0 Å². The predicted octanol–water partition coefficient (Wildman–Crippen LogP) is 3.95. The summed E-state index contributed by atoms with van der Waals surface area (Å²) in [6.45, 7) is 1.08. The lowest BCUT2D eigenvalue weighted by atomic mass is 10.1. The standard InChI is InChI=1S/C20H17FN2O3/c1-13(24)22-15-9-10-17(21)18(11-15)23-20(25)12-26-19-8-4-6-14-5-2-3-7-16(14)19/h2-11H,12H2,1H3,(H,22,24)(H,23,25). The highest BCUT2D eigenvalue weighted by molar-refractivity contribution is 5.94. The molecule has 0 heterocycles. The summed E-state index contributed by atoms with van der Waals surface area (Å²) in [5.41, 5.74) is 0.368. The molecule has 0 aliphatic rings. The van der Waals surface area contributed by atoms with Crippen LogP contribution in [0.15, 0.2) is 60.7 Å². The largest absolute Gasteiger partial charge is 0.483 e. The first-order valence-corrected chi connectivity index (χ1v) is 8.00. The van der Waals surface area contributed by atoms with Gasteiger partial charge in [0.25, 0.3) is 5.91 Å². The zero-order valence-corrected chi connectivity index (χ0v) is 14.1. The van der Waals surface area contributed by atoms with E-state index in [1.54, 1.807) is 6.07 Å². The number of carbonyl (C=O) groups excluding carboxylic acids is 2. The van der Waals surface area contributed by atoms with E-state index in [0.717, 1.165) is 10.8 Å². The lowest BCUT2D eigenvalue weighted by Crippen LogP contribution is -2.21. The maximum atomic E-state index is 13.9. The van der Waals surface area contributed by atoms with Crippen molar-refractivity contribution in [1.82, 2.24) is 0 Å². The van der Waals surface area contributed by atoms with Crippen LogP contribution in [-0.4, -0.2) is 18.4 Å². The Morgan fingerprint density at radius 3 is 2.58 bits per heavy atom. The van der Waals surface area contributed by atoms with Gasteiger partial charge in [-0.2, -0.15) is 0 Å². The van der Waals surface area contributed by atoms with Crippen molar-refractivity contribution < 1.29 is 18.7 Å². The second-order valence-electron chi connectivity index (χ2n) is 5.69. The van der Waals surface area contributed by atoms with Crippen LogP contribution in [0.5, 0.6) is 5.75 Å². The number of fused-ring (bicyclic) bond motifs is 1. The van der Waals surface area contributed by atoms with E-state index in [2.05, 4.69) is 10.6 Å². The molecule has 0 aromatic heterocycles. The molecule has 3 rings (SSSR count). The molecular weight excluding hydrogens is 335 g/mol. The molecule has 0 unspecified atom stereocenters. The quantitative estimate of drug-likeness (QED) is 0.730. The molecule has 2 amide bonds. The van der Waals surface area contributed by atoms with Crippen LogP contribution in [0.3, 0.4) is 0 Å². The van der Waals surface area contributed by atoms with Gasteiger partial charge in [-0.3, -0.25) is 9.59 Å². The lowest BCUT2D eigenvalue weighted by molar-refractivity contribution is -0.118. The molecule has 132 valence electrons. The lowest BCUT2D eigenvalue weighted by Gasteiger charge is -2.11. The van der Waals surface area contributed by atoms with Gasteiger partial charge < -0.3 is 15.4 Å². The van der Waals surface area contributed by atoms with Crippen molar-refractivity contribution in [3.8, 4) is 5.75 Å². The van der Waals surface area contributed by atoms with Crippen molar-refractivity contribution in [3.63, 3.8) is 0 Å². The van der Waals surface area contributed by atoms with E-state index < -0.39 is 11.7 Å². The van der Waals surface area contributed by atoms with Gasteiger partial charge in [-0.15, -0.1) is 0 Å². The summed E-state index contributed by atoms with van der Waals surface area (Å²) in [6, 6.07) is 17.2. The van der Waals surface area contributed by atoms with Crippen molar-refractivity contribution in [2.24, 2.45) is 0 Å². The maximum Gasteiger partial charge on any atom is 0.262 e. The minimum atomic E-state index is -0.599. The molecule has 0 saturated heterocycles. The molecule has 3 aromatic rings. The van der Waals surface area contributed by atoms with Gasteiger partial charge in [0, 0.05) is 18.0 Å². The third-order valence-corrected chi connectivity index (χ3v) is 3.67. The van der Waals surface area contributed by atoms with Crippen LogP contribution in [0.4, 0.5) is 15.8 Å². The maximum absolute atomic E-state index is 13.9. The zero-order valence-electron chi connectivity index (χ0n) is 14.1. The van der Waals surface area contributed by atoms with Crippen molar-refractivity contribution >= 4 is 34.0 Å². The molecule has 0 spiro atoms. The number of benzene rings is 3. The first-order valence-electron chi connectivity index (χ1n) is 8.00. The van der Waals surface area contributed by atoms with E-state index >= 15 is 0 Å². The second-order valence-corrected chi connectivity index (χ2v) is 5.69. The van der Waals surface area contributed by atoms with Gasteiger partial charge in [-0.05, 0) is 29.7 Å². The van der Waals surface area contributed by atoms with Gasteiger partial charge in [0.15, 0.2) is 6.61 Å². The van der Waals surface area contributed by atoms with E-state index in [9.17, 15) is 14.0 Å². The van der Waals surface area contributed by atoms with E-state index in [1.165, 1.54) is 25.1 Å². The second kappa shape index (κ2) is 7.65. The van der Waals surface area contributed by atoms with Gasteiger partial charge in [0.1, 0.15) is 11.6 Å². The highest BCUT2D eigenvalue weighted by Crippen LogP contribution is 2.25. The van der Waals surface area contributed by atoms with Gasteiger partial charge in [0.2, 0.25) is 5.91 Å². The Morgan fingerprint density at radius 2 is 1.77 bits per heavy atom. The van der Waals surface area contributed by atoms with Crippen LogP contribution < -0.4 is 15.4 Å². The molecule has 0 bridgehead atoms. The summed E-state index contributed by atoms with van der Waals surface area (Å²) in [4.78, 5) is 23.2. The van der Waals surface area contributed by atoms with Crippen molar-refractivity contribution in [2.75, 3.05) is 17.2 Å². The number of ether oxygens (including phenoxy) is 1. The Morgan fingerprint density at radius 1 is 1.00 bits per heavy atom. The third kappa shape index (κ3) is 4.16. The summed E-state index contributed by atoms with van der Waals surface area (Å²) in [6.07, 6.45) is 0. The Labute approximate surface area is 149 Å². The van der Waals surface area contributed by atoms with Crippen LogP contribution in [0, 0.1) is 5.82 Å². The topological polar surface area (TPSA) is 67.4 Å². The molecule has 2 N–H and O–H groups in total. The highest BCUT2D eigenvalue weighted by Gasteiger charge is 2.10. The molecule has 5 nitrogen and oxygen atoms in total.